The van der Waals surface area contributed by atoms with Crippen LogP contribution >= 0.6 is 23.2 Å². The number of hydrogen-bond acceptors (Lipinski definition) is 5. The molecule has 2 rings (SSSR count). The number of nitrogens with zero attached hydrogens (tertiary/aromatic N) is 3. The number of aromatic nitrogens is 3. The topological polar surface area (TPSA) is 59.9 Å². The summed E-state index contributed by atoms with van der Waals surface area (Å²) in [6.07, 6.45) is 0. The fourth-order valence-electron chi connectivity index (χ4n) is 1.58. The lowest BCUT2D eigenvalue weighted by molar-refractivity contribution is 0.312. The van der Waals surface area contributed by atoms with Crippen molar-refractivity contribution in [2.75, 3.05) is 18.5 Å². The van der Waals surface area contributed by atoms with Crippen LogP contribution in [0.3, 0.4) is 0 Å². The molecule has 5 nitrogen and oxygen atoms in total. The molecule has 0 aliphatic rings. The smallest absolute Gasteiger partial charge is 0.321 e. The van der Waals surface area contributed by atoms with Crippen molar-refractivity contribution in [3.8, 4) is 17.4 Å². The van der Waals surface area contributed by atoms with Crippen molar-refractivity contribution in [2.45, 2.75) is 13.8 Å². The SMILES string of the molecule is CCNc1nc(OCC)nc(-c2ccc(Cl)cc2Cl)n1. The molecule has 0 bridgehead atoms. The Hall–Kier alpha value is -1.59. The highest BCUT2D eigenvalue weighted by Gasteiger charge is 2.12. The van der Waals surface area contributed by atoms with E-state index < -0.39 is 0 Å². The Kier molecular flexibility index (Phi) is 4.98. The molecule has 2 aromatic rings. The van der Waals surface area contributed by atoms with Crippen molar-refractivity contribution >= 4 is 29.2 Å². The Balaban J connectivity index is 2.48. The quantitative estimate of drug-likeness (QED) is 0.912. The van der Waals surface area contributed by atoms with E-state index in [0.717, 1.165) is 0 Å². The summed E-state index contributed by atoms with van der Waals surface area (Å²) in [4.78, 5) is 12.7. The maximum atomic E-state index is 6.18. The van der Waals surface area contributed by atoms with E-state index in [1.165, 1.54) is 0 Å². The van der Waals surface area contributed by atoms with Crippen LogP contribution in [0.15, 0.2) is 18.2 Å². The first kappa shape index (κ1) is 14.8. The molecular weight excluding hydrogens is 299 g/mol. The fourth-order valence-corrected chi connectivity index (χ4v) is 2.07. The summed E-state index contributed by atoms with van der Waals surface area (Å²) in [5.41, 5.74) is 0.679. The van der Waals surface area contributed by atoms with Crippen molar-refractivity contribution in [1.82, 2.24) is 15.0 Å². The van der Waals surface area contributed by atoms with Gasteiger partial charge in [-0.25, -0.2) is 0 Å². The Bertz CT molecular complexity index is 583. The molecule has 1 heterocycles. The van der Waals surface area contributed by atoms with E-state index in [2.05, 4.69) is 20.3 Å². The zero-order chi connectivity index (χ0) is 14.5. The standard InChI is InChI=1S/C13H14Cl2N4O/c1-3-16-12-17-11(18-13(19-12)20-4-2)9-6-5-8(14)7-10(9)15/h5-7H,3-4H2,1-2H3,(H,16,17,18,19). The molecule has 106 valence electrons. The van der Waals surface area contributed by atoms with E-state index >= 15 is 0 Å². The summed E-state index contributed by atoms with van der Waals surface area (Å²) in [5, 5.41) is 4.08. The van der Waals surface area contributed by atoms with Gasteiger partial charge in [-0.3, -0.25) is 0 Å². The lowest BCUT2D eigenvalue weighted by Crippen LogP contribution is -2.07. The number of anilines is 1. The van der Waals surface area contributed by atoms with E-state index in [9.17, 15) is 0 Å². The van der Waals surface area contributed by atoms with Crippen molar-refractivity contribution in [1.29, 1.82) is 0 Å². The third-order valence-electron chi connectivity index (χ3n) is 2.40. The second kappa shape index (κ2) is 6.72. The fraction of sp³-hybridized carbons (Fsp3) is 0.308. The molecule has 1 N–H and O–H groups in total. The van der Waals surface area contributed by atoms with Gasteiger partial charge in [-0.05, 0) is 32.0 Å². The van der Waals surface area contributed by atoms with Crippen molar-refractivity contribution in [2.24, 2.45) is 0 Å². The van der Waals surface area contributed by atoms with Crippen LogP contribution in [0.2, 0.25) is 10.0 Å². The van der Waals surface area contributed by atoms with Crippen molar-refractivity contribution in [3.05, 3.63) is 28.2 Å². The molecule has 0 fully saturated rings. The van der Waals surface area contributed by atoms with Crippen LogP contribution in [0.4, 0.5) is 5.95 Å². The third-order valence-corrected chi connectivity index (χ3v) is 2.94. The summed E-state index contributed by atoms with van der Waals surface area (Å²) in [7, 11) is 0. The number of halogens is 2. The van der Waals surface area contributed by atoms with E-state index in [-0.39, 0.29) is 6.01 Å². The monoisotopic (exact) mass is 312 g/mol. The van der Waals surface area contributed by atoms with Crippen LogP contribution < -0.4 is 10.1 Å². The van der Waals surface area contributed by atoms with Crippen LogP contribution in [0, 0.1) is 0 Å². The summed E-state index contributed by atoms with van der Waals surface area (Å²) in [6.45, 7) is 5.00. The number of ether oxygens (including phenoxy) is 1. The predicted molar refractivity (Wildman–Crippen MR) is 80.6 cm³/mol. The van der Waals surface area contributed by atoms with Crippen LogP contribution in [0.1, 0.15) is 13.8 Å². The Morgan fingerprint density at radius 3 is 2.60 bits per heavy atom. The molecule has 0 atom stereocenters. The maximum absolute atomic E-state index is 6.18. The first-order valence-electron chi connectivity index (χ1n) is 6.22. The van der Waals surface area contributed by atoms with Gasteiger partial charge in [-0.15, -0.1) is 0 Å². The predicted octanol–water partition coefficient (Wildman–Crippen LogP) is 3.68. The van der Waals surface area contributed by atoms with E-state index in [0.29, 0.717) is 40.5 Å². The highest BCUT2D eigenvalue weighted by Crippen LogP contribution is 2.29. The summed E-state index contributed by atoms with van der Waals surface area (Å²) < 4.78 is 5.35. The number of hydrogen-bond donors (Lipinski definition) is 1. The molecule has 0 saturated heterocycles. The second-order valence-corrected chi connectivity index (χ2v) is 4.70. The molecule has 0 aliphatic heterocycles. The highest BCUT2D eigenvalue weighted by molar-refractivity contribution is 6.36. The first-order valence-corrected chi connectivity index (χ1v) is 6.97. The molecule has 0 unspecified atom stereocenters. The van der Waals surface area contributed by atoms with Crippen LogP contribution in [0.25, 0.3) is 11.4 Å². The summed E-state index contributed by atoms with van der Waals surface area (Å²) in [6, 6.07) is 5.42. The van der Waals surface area contributed by atoms with Crippen LogP contribution in [0.5, 0.6) is 6.01 Å². The second-order valence-electron chi connectivity index (χ2n) is 3.85. The Morgan fingerprint density at radius 1 is 1.15 bits per heavy atom. The lowest BCUT2D eigenvalue weighted by Gasteiger charge is -2.09. The first-order chi connectivity index (χ1) is 9.63. The highest BCUT2D eigenvalue weighted by atomic mass is 35.5. The van der Waals surface area contributed by atoms with Crippen molar-refractivity contribution < 1.29 is 4.74 Å². The molecule has 0 amide bonds. The van der Waals surface area contributed by atoms with Gasteiger partial charge in [0.2, 0.25) is 5.95 Å². The van der Waals surface area contributed by atoms with Gasteiger partial charge < -0.3 is 10.1 Å². The molecule has 0 saturated carbocycles. The summed E-state index contributed by atoms with van der Waals surface area (Å²) >= 11 is 12.1. The van der Waals surface area contributed by atoms with Gasteiger partial charge in [0.05, 0.1) is 11.6 Å². The molecule has 7 heteroatoms. The van der Waals surface area contributed by atoms with Crippen molar-refractivity contribution in [3.63, 3.8) is 0 Å². The lowest BCUT2D eigenvalue weighted by atomic mass is 10.2. The zero-order valence-corrected chi connectivity index (χ0v) is 12.7. The van der Waals surface area contributed by atoms with Gasteiger partial charge in [0, 0.05) is 17.1 Å². The van der Waals surface area contributed by atoms with Gasteiger partial charge in [0.25, 0.3) is 0 Å². The largest absolute Gasteiger partial charge is 0.464 e. The molecule has 0 radical (unpaired) electrons. The number of nitrogens with one attached hydrogen (secondary N) is 1. The molecule has 0 aliphatic carbocycles. The Morgan fingerprint density at radius 2 is 1.95 bits per heavy atom. The zero-order valence-electron chi connectivity index (χ0n) is 11.2. The van der Waals surface area contributed by atoms with Gasteiger partial charge in [0.15, 0.2) is 5.82 Å². The van der Waals surface area contributed by atoms with Gasteiger partial charge in [-0.2, -0.15) is 15.0 Å². The van der Waals surface area contributed by atoms with Gasteiger partial charge in [0.1, 0.15) is 0 Å². The van der Waals surface area contributed by atoms with Gasteiger partial charge in [-0.1, -0.05) is 23.2 Å². The average Bonchev–Trinajstić information content (AvgIpc) is 2.39. The van der Waals surface area contributed by atoms with Crippen LogP contribution in [-0.4, -0.2) is 28.1 Å². The normalized spacial score (nSPS) is 10.4. The molecule has 20 heavy (non-hydrogen) atoms. The average molecular weight is 313 g/mol. The minimum absolute atomic E-state index is 0.263. The van der Waals surface area contributed by atoms with Crippen LogP contribution in [-0.2, 0) is 0 Å². The molecular formula is C13H14Cl2N4O. The maximum Gasteiger partial charge on any atom is 0.321 e. The minimum atomic E-state index is 0.263. The summed E-state index contributed by atoms with van der Waals surface area (Å²) in [5.74, 6) is 0.896. The Labute approximate surface area is 127 Å². The number of rotatable bonds is 5. The minimum Gasteiger partial charge on any atom is -0.464 e. The molecule has 0 spiro atoms. The molecule has 1 aromatic heterocycles. The van der Waals surface area contributed by atoms with E-state index in [1.807, 2.05) is 13.8 Å². The third kappa shape index (κ3) is 3.49. The number of benzene rings is 1. The molecule has 1 aromatic carbocycles. The van der Waals surface area contributed by atoms with E-state index in [1.54, 1.807) is 18.2 Å². The van der Waals surface area contributed by atoms with E-state index in [4.69, 9.17) is 27.9 Å². The van der Waals surface area contributed by atoms with Gasteiger partial charge >= 0.3 is 6.01 Å².